The standard InChI is InChI=1S/C22H25N5O2S2/c23-21(24)26-22-25-20(17-30-22)16-27(14-13-19-10-5-2-6-11-19)31(28,29)15-7-12-18-8-3-1-4-9-18/h1-12,17H,13-16H2,(H4,23,24,25,26)/b12-7+. The van der Waals surface area contributed by atoms with Crippen LogP contribution in [0.2, 0.25) is 0 Å². The first-order valence-corrected chi connectivity index (χ1v) is 12.2. The molecule has 0 bridgehead atoms. The summed E-state index contributed by atoms with van der Waals surface area (Å²) in [4.78, 5) is 8.26. The largest absolute Gasteiger partial charge is 0.370 e. The topological polar surface area (TPSA) is 115 Å². The van der Waals surface area contributed by atoms with E-state index in [2.05, 4.69) is 9.98 Å². The van der Waals surface area contributed by atoms with Crippen molar-refractivity contribution in [1.82, 2.24) is 9.29 Å². The van der Waals surface area contributed by atoms with E-state index in [1.165, 1.54) is 15.6 Å². The molecule has 9 heteroatoms. The van der Waals surface area contributed by atoms with Crippen LogP contribution in [0.3, 0.4) is 0 Å². The third-order valence-electron chi connectivity index (χ3n) is 4.41. The first-order valence-electron chi connectivity index (χ1n) is 9.70. The molecule has 0 radical (unpaired) electrons. The van der Waals surface area contributed by atoms with E-state index in [1.807, 2.05) is 66.7 Å². The van der Waals surface area contributed by atoms with E-state index in [9.17, 15) is 8.42 Å². The van der Waals surface area contributed by atoms with Crippen LogP contribution in [-0.4, -0.2) is 36.0 Å². The van der Waals surface area contributed by atoms with Crippen molar-refractivity contribution in [3.05, 3.63) is 88.9 Å². The van der Waals surface area contributed by atoms with Crippen LogP contribution in [0.25, 0.3) is 6.08 Å². The SMILES string of the molecule is NC(N)=Nc1nc(CN(CCc2ccccc2)S(=O)(=O)C/C=C/c2ccccc2)cs1. The minimum absolute atomic E-state index is 0.0829. The maximum atomic E-state index is 13.1. The zero-order valence-corrected chi connectivity index (χ0v) is 18.6. The molecule has 0 saturated heterocycles. The minimum Gasteiger partial charge on any atom is -0.370 e. The highest BCUT2D eigenvalue weighted by Crippen LogP contribution is 2.21. The monoisotopic (exact) mass is 455 g/mol. The summed E-state index contributed by atoms with van der Waals surface area (Å²) in [6, 6.07) is 19.4. The number of nitrogens with zero attached hydrogens (tertiary/aromatic N) is 3. The van der Waals surface area contributed by atoms with Crippen LogP contribution in [0.5, 0.6) is 0 Å². The van der Waals surface area contributed by atoms with E-state index in [0.717, 1.165) is 11.1 Å². The molecule has 0 fully saturated rings. The number of sulfonamides is 1. The third kappa shape index (κ3) is 7.32. The van der Waals surface area contributed by atoms with Crippen molar-refractivity contribution in [2.75, 3.05) is 12.3 Å². The van der Waals surface area contributed by atoms with Crippen LogP contribution in [0.15, 0.2) is 77.1 Å². The van der Waals surface area contributed by atoms with Crippen molar-refractivity contribution in [3.63, 3.8) is 0 Å². The summed E-state index contributed by atoms with van der Waals surface area (Å²) in [5.41, 5.74) is 13.4. The van der Waals surface area contributed by atoms with E-state index in [4.69, 9.17) is 11.5 Å². The van der Waals surface area contributed by atoms with Gasteiger partial charge in [-0.3, -0.25) is 0 Å². The summed E-state index contributed by atoms with van der Waals surface area (Å²) in [6.45, 7) is 0.505. The van der Waals surface area contributed by atoms with Crippen LogP contribution in [0, 0.1) is 0 Å². The number of hydrogen-bond donors (Lipinski definition) is 2. The fraction of sp³-hybridized carbons (Fsp3) is 0.182. The predicted molar refractivity (Wildman–Crippen MR) is 127 cm³/mol. The average molecular weight is 456 g/mol. The van der Waals surface area contributed by atoms with Crippen molar-refractivity contribution in [3.8, 4) is 0 Å². The number of benzene rings is 2. The highest BCUT2D eigenvalue weighted by atomic mass is 32.2. The Morgan fingerprint density at radius 1 is 1.06 bits per heavy atom. The second-order valence-corrected chi connectivity index (χ2v) is 9.67. The van der Waals surface area contributed by atoms with Crippen LogP contribution in [0.4, 0.5) is 5.13 Å². The molecule has 1 heterocycles. The van der Waals surface area contributed by atoms with Crippen molar-refractivity contribution >= 4 is 38.5 Å². The zero-order chi connectivity index (χ0) is 22.1. The van der Waals surface area contributed by atoms with Gasteiger partial charge in [-0.05, 0) is 17.5 Å². The number of aromatic nitrogens is 1. The fourth-order valence-corrected chi connectivity index (χ4v) is 4.85. The summed E-state index contributed by atoms with van der Waals surface area (Å²) in [5, 5.41) is 2.17. The van der Waals surface area contributed by atoms with Gasteiger partial charge in [-0.2, -0.15) is 9.30 Å². The molecule has 0 atom stereocenters. The van der Waals surface area contributed by atoms with Gasteiger partial charge in [-0.25, -0.2) is 13.4 Å². The maximum absolute atomic E-state index is 13.1. The summed E-state index contributed by atoms with van der Waals surface area (Å²) in [6.07, 6.45) is 4.09. The molecule has 3 aromatic rings. The summed E-state index contributed by atoms with van der Waals surface area (Å²) in [5.74, 6) is -0.179. The van der Waals surface area contributed by atoms with Gasteiger partial charge in [0.2, 0.25) is 15.2 Å². The molecule has 0 aliphatic carbocycles. The third-order valence-corrected chi connectivity index (χ3v) is 6.90. The fourth-order valence-electron chi connectivity index (χ4n) is 2.90. The molecule has 2 aromatic carbocycles. The second kappa shape index (κ2) is 10.9. The Balaban J connectivity index is 1.75. The van der Waals surface area contributed by atoms with Gasteiger partial charge in [0.05, 0.1) is 18.0 Å². The zero-order valence-electron chi connectivity index (χ0n) is 17.0. The number of hydrogen-bond acceptors (Lipinski definition) is 5. The minimum atomic E-state index is -3.55. The molecule has 4 N–H and O–H groups in total. The lowest BCUT2D eigenvalue weighted by Gasteiger charge is -2.20. The number of thiazole rings is 1. The van der Waals surface area contributed by atoms with Crippen LogP contribution in [-0.2, 0) is 23.0 Å². The van der Waals surface area contributed by atoms with Gasteiger partial charge in [-0.15, -0.1) is 11.3 Å². The number of rotatable bonds is 10. The summed E-state index contributed by atoms with van der Waals surface area (Å²) >= 11 is 1.27. The van der Waals surface area contributed by atoms with Gasteiger partial charge in [0.25, 0.3) is 0 Å². The Morgan fingerprint density at radius 3 is 2.42 bits per heavy atom. The quantitative estimate of drug-likeness (QED) is 0.360. The van der Waals surface area contributed by atoms with Crippen LogP contribution >= 0.6 is 11.3 Å². The molecule has 0 amide bonds. The molecular formula is C22H25N5O2S2. The Hall–Kier alpha value is -3.01. The van der Waals surface area contributed by atoms with Gasteiger partial charge in [0.1, 0.15) is 0 Å². The van der Waals surface area contributed by atoms with E-state index in [0.29, 0.717) is 23.8 Å². The van der Waals surface area contributed by atoms with Gasteiger partial charge in [0.15, 0.2) is 5.96 Å². The van der Waals surface area contributed by atoms with Crippen molar-refractivity contribution in [1.29, 1.82) is 0 Å². The predicted octanol–water partition coefficient (Wildman–Crippen LogP) is 3.14. The molecule has 0 aliphatic rings. The number of nitrogens with two attached hydrogens (primary N) is 2. The number of aliphatic imine (C=N–C) groups is 1. The lowest BCUT2D eigenvalue weighted by Crippen LogP contribution is -2.34. The summed E-state index contributed by atoms with van der Waals surface area (Å²) in [7, 11) is -3.55. The van der Waals surface area contributed by atoms with Crippen LogP contribution in [0.1, 0.15) is 16.8 Å². The van der Waals surface area contributed by atoms with Crippen LogP contribution < -0.4 is 11.5 Å². The van der Waals surface area contributed by atoms with E-state index < -0.39 is 10.0 Å². The van der Waals surface area contributed by atoms with Crippen molar-refractivity contribution < 1.29 is 8.42 Å². The van der Waals surface area contributed by atoms with Crippen molar-refractivity contribution in [2.24, 2.45) is 16.5 Å². The highest BCUT2D eigenvalue weighted by molar-refractivity contribution is 7.89. The number of guanidine groups is 1. The van der Waals surface area contributed by atoms with E-state index in [1.54, 1.807) is 11.5 Å². The molecule has 31 heavy (non-hydrogen) atoms. The smallest absolute Gasteiger partial charge is 0.218 e. The van der Waals surface area contributed by atoms with Gasteiger partial charge in [0, 0.05) is 11.9 Å². The highest BCUT2D eigenvalue weighted by Gasteiger charge is 2.22. The van der Waals surface area contributed by atoms with E-state index in [-0.39, 0.29) is 18.3 Å². The first kappa shape index (κ1) is 22.7. The summed E-state index contributed by atoms with van der Waals surface area (Å²) < 4.78 is 27.7. The van der Waals surface area contributed by atoms with Gasteiger partial charge >= 0.3 is 0 Å². The Labute approximate surface area is 186 Å². The lowest BCUT2D eigenvalue weighted by atomic mass is 10.1. The van der Waals surface area contributed by atoms with Crippen molar-refractivity contribution in [2.45, 2.75) is 13.0 Å². The van der Waals surface area contributed by atoms with E-state index >= 15 is 0 Å². The molecule has 162 valence electrons. The first-order chi connectivity index (χ1) is 14.9. The maximum Gasteiger partial charge on any atom is 0.218 e. The Morgan fingerprint density at radius 2 is 1.74 bits per heavy atom. The molecule has 3 rings (SSSR count). The lowest BCUT2D eigenvalue weighted by molar-refractivity contribution is 0.408. The molecule has 1 aromatic heterocycles. The normalized spacial score (nSPS) is 11.8. The Kier molecular flexibility index (Phi) is 7.94. The van der Waals surface area contributed by atoms with Gasteiger partial charge < -0.3 is 11.5 Å². The average Bonchev–Trinajstić information content (AvgIpc) is 3.18. The molecular weight excluding hydrogens is 430 g/mol. The van der Waals surface area contributed by atoms with Gasteiger partial charge in [-0.1, -0.05) is 72.8 Å². The molecule has 0 spiro atoms. The second-order valence-electron chi connectivity index (χ2n) is 6.82. The Bertz CT molecular complexity index is 1120. The molecule has 0 unspecified atom stereocenters. The molecule has 0 saturated carbocycles. The molecule has 0 aliphatic heterocycles. The molecule has 7 nitrogen and oxygen atoms in total.